The number of hydrogen-bond donors (Lipinski definition) is 0. The van der Waals surface area contributed by atoms with Gasteiger partial charge in [-0.3, -0.25) is 9.97 Å². The number of pyridine rings is 2. The number of hydrogen-bond acceptors (Lipinski definition) is 2. The minimum atomic E-state index is -0.721. The summed E-state index contributed by atoms with van der Waals surface area (Å²) in [6.07, 6.45) is 4.03. The van der Waals surface area contributed by atoms with E-state index in [0.717, 1.165) is 33.8 Å². The molecule has 2 spiro atoms. The Morgan fingerprint density at radius 1 is 0.319 bits per heavy atom. The lowest BCUT2D eigenvalue weighted by Gasteiger charge is -2.47. The standard InChI is InChI=1S/C69H45N3/c1-67(2)56-29-14-15-30-57(56)69(61-39-52-49-23-8-13-28-55(49)68(59(52)40-60(61)67)53-26-11-6-21-47(53)48-22-7-12-27-54(48)68)58-31-18-34-70-65(58)66-62(69)38-45(41-71-66)44-35-43(42-19-4-3-5-20-42)36-46(37-44)72-63-32-16-9-24-50(63)51-25-10-17-33-64(51)72/h3-41H,1-2H3. The molecule has 0 N–H and O–H groups in total. The van der Waals surface area contributed by atoms with Gasteiger partial charge >= 0.3 is 0 Å². The Bertz CT molecular complexity index is 4230. The molecule has 3 aromatic heterocycles. The third kappa shape index (κ3) is 4.86. The van der Waals surface area contributed by atoms with Crippen LogP contribution in [0.1, 0.15) is 69.5 Å². The predicted octanol–water partition coefficient (Wildman–Crippen LogP) is 16.3. The van der Waals surface area contributed by atoms with E-state index in [1.54, 1.807) is 0 Å². The third-order valence-electron chi connectivity index (χ3n) is 17.1. The Labute approximate surface area is 418 Å². The topological polar surface area (TPSA) is 30.7 Å². The molecule has 72 heavy (non-hydrogen) atoms. The summed E-state index contributed by atoms with van der Waals surface area (Å²) in [6, 6.07) is 84.3. The van der Waals surface area contributed by atoms with Crippen LogP contribution >= 0.6 is 0 Å². The Kier molecular flexibility index (Phi) is 7.82. The van der Waals surface area contributed by atoms with Crippen LogP contribution in [0.4, 0.5) is 0 Å². The molecule has 1 atom stereocenters. The lowest BCUT2D eigenvalue weighted by atomic mass is 9.55. The highest BCUT2D eigenvalue weighted by Gasteiger charge is 2.58. The molecule has 12 aromatic rings. The number of benzene rings is 9. The Morgan fingerprint density at radius 2 is 0.833 bits per heavy atom. The van der Waals surface area contributed by atoms with E-state index in [-0.39, 0.29) is 5.41 Å². The van der Waals surface area contributed by atoms with Crippen molar-refractivity contribution in [2.75, 3.05) is 0 Å². The number of nitrogens with zero attached hydrogens (tertiary/aromatic N) is 3. The van der Waals surface area contributed by atoms with Crippen LogP contribution in [0.25, 0.3) is 83.4 Å². The van der Waals surface area contributed by atoms with E-state index in [0.29, 0.717) is 0 Å². The molecule has 3 heterocycles. The van der Waals surface area contributed by atoms with Gasteiger partial charge < -0.3 is 4.57 Å². The predicted molar refractivity (Wildman–Crippen MR) is 293 cm³/mol. The molecule has 0 saturated carbocycles. The molecule has 3 nitrogen and oxygen atoms in total. The Balaban J connectivity index is 0.996. The lowest BCUT2D eigenvalue weighted by molar-refractivity contribution is 0.561. The SMILES string of the molecule is CC1(C)c2ccccc2C2(c3cc4c(cc31)C1(c3ccccc3-c3ccccc31)c1ccccc1-4)c1cccnc1-c1ncc(-c3cc(-c4ccccc4)cc(-n4c5ccccc5c5ccccc54)c3)cc12. The maximum Gasteiger partial charge on any atom is 0.0937 e. The molecule has 3 heteroatoms. The smallest absolute Gasteiger partial charge is 0.0937 e. The van der Waals surface area contributed by atoms with E-state index in [1.165, 1.54) is 105 Å². The molecular weight excluding hydrogens is 871 g/mol. The molecule has 0 aliphatic heterocycles. The van der Waals surface area contributed by atoms with Crippen molar-refractivity contribution in [2.24, 2.45) is 0 Å². The van der Waals surface area contributed by atoms with Crippen LogP contribution in [-0.4, -0.2) is 14.5 Å². The van der Waals surface area contributed by atoms with Crippen molar-refractivity contribution in [1.29, 1.82) is 0 Å². The summed E-state index contributed by atoms with van der Waals surface area (Å²) in [5.41, 5.74) is 26.5. The zero-order valence-electron chi connectivity index (χ0n) is 39.9. The molecule has 336 valence electrons. The van der Waals surface area contributed by atoms with E-state index in [9.17, 15) is 0 Å². The van der Waals surface area contributed by atoms with Gasteiger partial charge in [0.25, 0.3) is 0 Å². The summed E-state index contributed by atoms with van der Waals surface area (Å²) in [6.45, 7) is 4.88. The Hall–Kier alpha value is -8.92. The minimum Gasteiger partial charge on any atom is -0.309 e. The molecule has 4 aliphatic rings. The average molecular weight is 916 g/mol. The van der Waals surface area contributed by atoms with Gasteiger partial charge in [0, 0.05) is 45.4 Å². The molecule has 9 aromatic carbocycles. The van der Waals surface area contributed by atoms with Crippen molar-refractivity contribution in [3.63, 3.8) is 0 Å². The second kappa shape index (κ2) is 14.1. The van der Waals surface area contributed by atoms with Gasteiger partial charge in [-0.2, -0.15) is 0 Å². The highest BCUT2D eigenvalue weighted by molar-refractivity contribution is 6.09. The molecular formula is C69H45N3. The molecule has 0 amide bonds. The highest BCUT2D eigenvalue weighted by atomic mass is 15.0. The monoisotopic (exact) mass is 915 g/mol. The summed E-state index contributed by atoms with van der Waals surface area (Å²) in [4.78, 5) is 10.8. The van der Waals surface area contributed by atoms with Crippen LogP contribution in [0.15, 0.2) is 237 Å². The van der Waals surface area contributed by atoms with Crippen molar-refractivity contribution in [3.05, 3.63) is 292 Å². The zero-order valence-corrected chi connectivity index (χ0v) is 39.9. The molecule has 1 unspecified atom stereocenters. The fraction of sp³-hybridized carbons (Fsp3) is 0.0725. The van der Waals surface area contributed by atoms with Crippen molar-refractivity contribution in [3.8, 4) is 61.6 Å². The van der Waals surface area contributed by atoms with Crippen LogP contribution < -0.4 is 0 Å². The highest BCUT2D eigenvalue weighted by Crippen LogP contribution is 2.67. The minimum absolute atomic E-state index is 0.350. The first-order chi connectivity index (χ1) is 35.5. The first kappa shape index (κ1) is 39.9. The molecule has 0 fully saturated rings. The van der Waals surface area contributed by atoms with Crippen LogP contribution in [-0.2, 0) is 16.2 Å². The van der Waals surface area contributed by atoms with E-state index in [2.05, 4.69) is 249 Å². The van der Waals surface area contributed by atoms with Crippen molar-refractivity contribution >= 4 is 21.8 Å². The third-order valence-corrected chi connectivity index (χ3v) is 17.1. The first-order valence-electron chi connectivity index (χ1n) is 25.2. The first-order valence-corrected chi connectivity index (χ1v) is 25.2. The van der Waals surface area contributed by atoms with Crippen LogP contribution in [0.3, 0.4) is 0 Å². The molecule has 4 aliphatic carbocycles. The van der Waals surface area contributed by atoms with E-state index < -0.39 is 10.8 Å². The van der Waals surface area contributed by atoms with Crippen molar-refractivity contribution in [1.82, 2.24) is 14.5 Å². The molecule has 16 rings (SSSR count). The average Bonchev–Trinajstić information content (AvgIpc) is 4.13. The quantitative estimate of drug-likeness (QED) is 0.177. The van der Waals surface area contributed by atoms with Gasteiger partial charge in [0.15, 0.2) is 0 Å². The summed E-state index contributed by atoms with van der Waals surface area (Å²) in [5, 5.41) is 2.48. The van der Waals surface area contributed by atoms with Gasteiger partial charge in [-0.25, -0.2) is 0 Å². The molecule has 0 saturated heterocycles. The van der Waals surface area contributed by atoms with Crippen molar-refractivity contribution < 1.29 is 0 Å². The maximum absolute atomic E-state index is 5.55. The second-order valence-electron chi connectivity index (χ2n) is 20.8. The second-order valence-corrected chi connectivity index (χ2v) is 20.8. The largest absolute Gasteiger partial charge is 0.309 e. The number of fused-ring (bicyclic) bond motifs is 22. The summed E-state index contributed by atoms with van der Waals surface area (Å²) < 4.78 is 2.44. The Morgan fingerprint density at radius 3 is 1.50 bits per heavy atom. The maximum atomic E-state index is 5.55. The molecule has 0 bridgehead atoms. The van der Waals surface area contributed by atoms with Gasteiger partial charge in [-0.15, -0.1) is 0 Å². The number of rotatable bonds is 3. The van der Waals surface area contributed by atoms with Crippen LogP contribution in [0.2, 0.25) is 0 Å². The number of para-hydroxylation sites is 2. The zero-order chi connectivity index (χ0) is 47.5. The lowest BCUT2D eigenvalue weighted by Crippen LogP contribution is -2.41. The normalized spacial score (nSPS) is 16.5. The van der Waals surface area contributed by atoms with E-state index >= 15 is 0 Å². The summed E-state index contributed by atoms with van der Waals surface area (Å²) in [7, 11) is 0. The summed E-state index contributed by atoms with van der Waals surface area (Å²) >= 11 is 0. The summed E-state index contributed by atoms with van der Waals surface area (Å²) in [5.74, 6) is 0. The van der Waals surface area contributed by atoms with Gasteiger partial charge in [-0.05, 0) is 138 Å². The van der Waals surface area contributed by atoms with Gasteiger partial charge in [0.1, 0.15) is 0 Å². The van der Waals surface area contributed by atoms with Crippen LogP contribution in [0, 0.1) is 0 Å². The fourth-order valence-electron chi connectivity index (χ4n) is 14.2. The van der Waals surface area contributed by atoms with Gasteiger partial charge in [0.2, 0.25) is 0 Å². The fourth-order valence-corrected chi connectivity index (χ4v) is 14.2. The van der Waals surface area contributed by atoms with E-state index in [1.807, 2.05) is 6.20 Å². The van der Waals surface area contributed by atoms with Gasteiger partial charge in [0.05, 0.1) is 33.3 Å². The van der Waals surface area contributed by atoms with Crippen molar-refractivity contribution in [2.45, 2.75) is 30.1 Å². The van der Waals surface area contributed by atoms with Crippen LogP contribution in [0.5, 0.6) is 0 Å². The molecule has 0 radical (unpaired) electrons. The van der Waals surface area contributed by atoms with Gasteiger partial charge in [-0.1, -0.05) is 190 Å². The van der Waals surface area contributed by atoms with E-state index in [4.69, 9.17) is 9.97 Å². The number of aromatic nitrogens is 3.